The van der Waals surface area contributed by atoms with Crippen LogP contribution in [0.2, 0.25) is 0 Å². The molecule has 0 amide bonds. The molecule has 0 aliphatic rings. The molecule has 0 unspecified atom stereocenters. The lowest BCUT2D eigenvalue weighted by Crippen LogP contribution is -1.96. The van der Waals surface area contributed by atoms with Crippen LogP contribution in [-0.2, 0) is 0 Å². The first-order chi connectivity index (χ1) is 7.20. The third-order valence-corrected chi connectivity index (χ3v) is 2.16. The summed E-state index contributed by atoms with van der Waals surface area (Å²) in [7, 11) is 0. The first kappa shape index (κ1) is 9.41. The fourth-order valence-corrected chi connectivity index (χ4v) is 1.48. The van der Waals surface area contributed by atoms with Crippen LogP contribution in [0.4, 0.5) is 0 Å². The van der Waals surface area contributed by atoms with Crippen LogP contribution >= 0.6 is 0 Å². The summed E-state index contributed by atoms with van der Waals surface area (Å²) in [5.74, 6) is 0.654. The van der Waals surface area contributed by atoms with E-state index in [1.165, 1.54) is 0 Å². The number of H-pyrrole nitrogens is 1. The summed E-state index contributed by atoms with van der Waals surface area (Å²) in [4.78, 5) is 18.7. The fraction of sp³-hybridized carbons (Fsp3) is 0.182. The quantitative estimate of drug-likeness (QED) is 0.751. The SMILES string of the molecule is Cc1nc2ccc(C(=O)CC#N)cc2[nH]1. The summed E-state index contributed by atoms with van der Waals surface area (Å²) < 4.78 is 0. The molecule has 0 aliphatic heterocycles. The molecule has 2 aromatic rings. The second-order valence-corrected chi connectivity index (χ2v) is 3.31. The van der Waals surface area contributed by atoms with Crippen molar-refractivity contribution in [1.29, 1.82) is 5.26 Å². The number of fused-ring (bicyclic) bond motifs is 1. The lowest BCUT2D eigenvalue weighted by Gasteiger charge is -1.95. The monoisotopic (exact) mass is 199 g/mol. The van der Waals surface area contributed by atoms with Crippen LogP contribution in [0.3, 0.4) is 0 Å². The number of aromatic amines is 1. The van der Waals surface area contributed by atoms with E-state index in [2.05, 4.69) is 9.97 Å². The summed E-state index contributed by atoms with van der Waals surface area (Å²) >= 11 is 0. The number of hydrogen-bond acceptors (Lipinski definition) is 3. The van der Waals surface area contributed by atoms with Gasteiger partial charge in [-0.2, -0.15) is 5.26 Å². The van der Waals surface area contributed by atoms with Crippen molar-refractivity contribution in [2.45, 2.75) is 13.3 Å². The minimum absolute atomic E-state index is 0.0847. The van der Waals surface area contributed by atoms with E-state index < -0.39 is 0 Å². The number of hydrogen-bond donors (Lipinski definition) is 1. The van der Waals surface area contributed by atoms with Gasteiger partial charge in [-0.15, -0.1) is 0 Å². The lowest BCUT2D eigenvalue weighted by molar-refractivity contribution is 0.0998. The normalized spacial score (nSPS) is 10.1. The molecule has 74 valence electrons. The van der Waals surface area contributed by atoms with Crippen LogP contribution in [0.15, 0.2) is 18.2 Å². The highest BCUT2D eigenvalue weighted by molar-refractivity contribution is 5.99. The van der Waals surface area contributed by atoms with Crippen LogP contribution in [0.25, 0.3) is 11.0 Å². The van der Waals surface area contributed by atoms with Crippen molar-refractivity contribution in [2.24, 2.45) is 0 Å². The Morgan fingerprint density at radius 2 is 2.40 bits per heavy atom. The minimum atomic E-state index is -0.161. The Labute approximate surface area is 86.6 Å². The van der Waals surface area contributed by atoms with Gasteiger partial charge in [0.2, 0.25) is 0 Å². The zero-order valence-electron chi connectivity index (χ0n) is 8.24. The summed E-state index contributed by atoms with van der Waals surface area (Å²) in [5.41, 5.74) is 2.21. The van der Waals surface area contributed by atoms with Crippen LogP contribution in [0, 0.1) is 18.3 Å². The molecule has 0 saturated heterocycles. The van der Waals surface area contributed by atoms with E-state index in [9.17, 15) is 4.79 Å². The van der Waals surface area contributed by atoms with Gasteiger partial charge >= 0.3 is 0 Å². The predicted octanol–water partition coefficient (Wildman–Crippen LogP) is 1.97. The number of imidazole rings is 1. The average molecular weight is 199 g/mol. The molecule has 0 fully saturated rings. The Morgan fingerprint density at radius 3 is 3.13 bits per heavy atom. The molecule has 0 saturated carbocycles. The summed E-state index contributed by atoms with van der Waals surface area (Å²) in [5, 5.41) is 8.42. The molecule has 0 aliphatic carbocycles. The Bertz CT molecular complexity index is 563. The summed E-state index contributed by atoms with van der Waals surface area (Å²) in [6.07, 6.45) is -0.0847. The largest absolute Gasteiger partial charge is 0.342 e. The van der Waals surface area contributed by atoms with Crippen molar-refractivity contribution in [2.75, 3.05) is 0 Å². The van der Waals surface area contributed by atoms with Crippen molar-refractivity contribution in [1.82, 2.24) is 9.97 Å². The van der Waals surface area contributed by atoms with E-state index in [1.54, 1.807) is 18.2 Å². The zero-order chi connectivity index (χ0) is 10.8. The van der Waals surface area contributed by atoms with Crippen LogP contribution < -0.4 is 0 Å². The van der Waals surface area contributed by atoms with Gasteiger partial charge in [-0.3, -0.25) is 4.79 Å². The van der Waals surface area contributed by atoms with Crippen LogP contribution in [0.5, 0.6) is 0 Å². The highest BCUT2D eigenvalue weighted by Crippen LogP contribution is 2.14. The Hall–Kier alpha value is -2.15. The molecular formula is C11H9N3O. The van der Waals surface area contributed by atoms with Crippen molar-refractivity contribution in [3.05, 3.63) is 29.6 Å². The fourth-order valence-electron chi connectivity index (χ4n) is 1.48. The van der Waals surface area contributed by atoms with E-state index in [-0.39, 0.29) is 12.2 Å². The van der Waals surface area contributed by atoms with Gasteiger partial charge in [0.25, 0.3) is 0 Å². The molecular weight excluding hydrogens is 190 g/mol. The first-order valence-corrected chi connectivity index (χ1v) is 4.57. The standard InChI is InChI=1S/C11H9N3O/c1-7-13-9-3-2-8(6-10(9)14-7)11(15)4-5-12/h2-3,6H,4H2,1H3,(H,13,14). The Morgan fingerprint density at radius 1 is 1.60 bits per heavy atom. The molecule has 1 aromatic carbocycles. The smallest absolute Gasteiger partial charge is 0.176 e. The predicted molar refractivity (Wildman–Crippen MR) is 55.4 cm³/mol. The maximum Gasteiger partial charge on any atom is 0.176 e. The van der Waals surface area contributed by atoms with Gasteiger partial charge in [0.1, 0.15) is 5.82 Å². The van der Waals surface area contributed by atoms with E-state index >= 15 is 0 Å². The molecule has 1 aromatic heterocycles. The van der Waals surface area contributed by atoms with Crippen LogP contribution in [0.1, 0.15) is 22.6 Å². The highest BCUT2D eigenvalue weighted by atomic mass is 16.1. The van der Waals surface area contributed by atoms with Gasteiger partial charge in [-0.1, -0.05) is 0 Å². The van der Waals surface area contributed by atoms with Gasteiger partial charge in [0.15, 0.2) is 5.78 Å². The lowest BCUT2D eigenvalue weighted by atomic mass is 10.1. The topological polar surface area (TPSA) is 69.5 Å². The molecule has 4 nitrogen and oxygen atoms in total. The first-order valence-electron chi connectivity index (χ1n) is 4.57. The maximum atomic E-state index is 11.4. The molecule has 1 heterocycles. The number of rotatable bonds is 2. The van der Waals surface area contributed by atoms with Gasteiger partial charge in [0.05, 0.1) is 23.5 Å². The third-order valence-electron chi connectivity index (χ3n) is 2.16. The number of carbonyl (C=O) groups is 1. The van der Waals surface area contributed by atoms with Crippen molar-refractivity contribution >= 4 is 16.8 Å². The molecule has 0 atom stereocenters. The number of Topliss-reactive ketones (excluding diaryl/α,β-unsaturated/α-hetero) is 1. The number of aryl methyl sites for hydroxylation is 1. The summed E-state index contributed by atoms with van der Waals surface area (Å²) in [6, 6.07) is 7.05. The summed E-state index contributed by atoms with van der Waals surface area (Å²) in [6.45, 7) is 1.86. The molecule has 4 heteroatoms. The van der Waals surface area contributed by atoms with E-state index in [1.807, 2.05) is 13.0 Å². The second kappa shape index (κ2) is 3.54. The van der Waals surface area contributed by atoms with Gasteiger partial charge in [0, 0.05) is 5.56 Å². The van der Waals surface area contributed by atoms with E-state index in [4.69, 9.17) is 5.26 Å². The van der Waals surface area contributed by atoms with Crippen molar-refractivity contribution in [3.63, 3.8) is 0 Å². The van der Waals surface area contributed by atoms with Crippen LogP contribution in [-0.4, -0.2) is 15.8 Å². The number of carbonyl (C=O) groups excluding carboxylic acids is 1. The molecule has 1 N–H and O–H groups in total. The van der Waals surface area contributed by atoms with Crippen molar-refractivity contribution < 1.29 is 4.79 Å². The molecule has 2 rings (SSSR count). The highest BCUT2D eigenvalue weighted by Gasteiger charge is 2.07. The number of aromatic nitrogens is 2. The number of nitrogens with zero attached hydrogens (tertiary/aromatic N) is 2. The van der Waals surface area contributed by atoms with Gasteiger partial charge < -0.3 is 4.98 Å². The van der Waals surface area contributed by atoms with Gasteiger partial charge in [-0.05, 0) is 25.1 Å². The number of nitrogens with one attached hydrogen (secondary N) is 1. The van der Waals surface area contributed by atoms with E-state index in [0.29, 0.717) is 5.56 Å². The van der Waals surface area contributed by atoms with E-state index in [0.717, 1.165) is 16.9 Å². The molecule has 0 radical (unpaired) electrons. The number of ketones is 1. The molecule has 0 spiro atoms. The maximum absolute atomic E-state index is 11.4. The number of nitriles is 1. The van der Waals surface area contributed by atoms with Crippen molar-refractivity contribution in [3.8, 4) is 6.07 Å². The zero-order valence-corrected chi connectivity index (χ0v) is 8.24. The Kier molecular flexibility index (Phi) is 2.22. The second-order valence-electron chi connectivity index (χ2n) is 3.31. The minimum Gasteiger partial charge on any atom is -0.342 e. The molecule has 15 heavy (non-hydrogen) atoms. The average Bonchev–Trinajstić information content (AvgIpc) is 2.57. The third kappa shape index (κ3) is 1.72. The molecule has 0 bridgehead atoms. The Balaban J connectivity index is 2.47. The van der Waals surface area contributed by atoms with Gasteiger partial charge in [-0.25, -0.2) is 4.98 Å². The number of benzene rings is 1.